The van der Waals surface area contributed by atoms with Crippen molar-refractivity contribution >= 4 is 39.1 Å². The molecule has 2 amide bonds. The Labute approximate surface area is 291 Å². The molecular weight excluding hydrogens is 642 g/mol. The summed E-state index contributed by atoms with van der Waals surface area (Å²) in [5.74, 6) is 1.88. The average Bonchev–Trinajstić information content (AvgIpc) is 3.04. The fraction of sp³-hybridized carbons (Fsp3) is 0.487. The third-order valence-corrected chi connectivity index (χ3v) is 12.1. The maximum atomic E-state index is 14.4. The first-order valence-corrected chi connectivity index (χ1v) is 19.5. The second kappa shape index (κ2) is 14.2. The van der Waals surface area contributed by atoms with Gasteiger partial charge in [0, 0.05) is 24.5 Å². The maximum Gasteiger partial charge on any atom is 0.244 e. The second-order valence-electron chi connectivity index (χ2n) is 15.0. The summed E-state index contributed by atoms with van der Waals surface area (Å²) < 4.78 is 27.8. The topological polar surface area (TPSA) is 86.8 Å². The number of carbonyl (C=O) groups is 2. The third-order valence-electron chi connectivity index (χ3n) is 10.7. The van der Waals surface area contributed by atoms with Gasteiger partial charge in [0.1, 0.15) is 12.6 Å². The zero-order valence-electron chi connectivity index (χ0n) is 28.3. The Morgan fingerprint density at radius 3 is 1.98 bits per heavy atom. The zero-order valence-corrected chi connectivity index (χ0v) is 29.8. The molecule has 4 bridgehead atoms. The standard InChI is InChI=1S/C39H48ClN3O4S/c1-27(2)24-41-38(45)36(20-28-7-5-4-6-8-28)42(25-29-9-13-34(40)14-10-29)37(44)26-43(48(3,46)47)35-15-11-33(12-16-35)39-21-30-17-31(22-39)19-32(18-30)23-39/h4-16,27,30-32,36H,17-26H2,1-3H3,(H,41,45)/t30?,31?,32?,36-,39?/m1/s1. The Morgan fingerprint density at radius 2 is 1.44 bits per heavy atom. The van der Waals surface area contributed by atoms with Gasteiger partial charge < -0.3 is 10.2 Å². The monoisotopic (exact) mass is 689 g/mol. The normalized spacial score (nSPS) is 23.6. The van der Waals surface area contributed by atoms with Gasteiger partial charge in [-0.15, -0.1) is 0 Å². The van der Waals surface area contributed by atoms with Gasteiger partial charge in [0.2, 0.25) is 21.8 Å². The summed E-state index contributed by atoms with van der Waals surface area (Å²) >= 11 is 6.17. The molecule has 4 aliphatic rings. The van der Waals surface area contributed by atoms with Crippen molar-refractivity contribution in [2.24, 2.45) is 23.7 Å². The Balaban J connectivity index is 1.30. The van der Waals surface area contributed by atoms with E-state index in [1.54, 1.807) is 12.1 Å². The molecule has 7 nitrogen and oxygen atoms in total. The molecule has 4 fully saturated rings. The van der Waals surface area contributed by atoms with Gasteiger partial charge in [-0.1, -0.05) is 80.0 Å². The van der Waals surface area contributed by atoms with E-state index in [9.17, 15) is 18.0 Å². The lowest BCUT2D eigenvalue weighted by Gasteiger charge is -2.57. The number of amides is 2. The van der Waals surface area contributed by atoms with Crippen molar-refractivity contribution in [1.82, 2.24) is 10.2 Å². The molecular formula is C39H48ClN3O4S. The lowest BCUT2D eigenvalue weighted by Crippen LogP contribution is -2.53. The van der Waals surface area contributed by atoms with Gasteiger partial charge in [-0.2, -0.15) is 0 Å². The number of sulfonamides is 1. The summed E-state index contributed by atoms with van der Waals surface area (Å²) in [6, 6.07) is 23.8. The van der Waals surface area contributed by atoms with Crippen LogP contribution in [0.5, 0.6) is 0 Å². The number of hydrogen-bond donors (Lipinski definition) is 1. The summed E-state index contributed by atoms with van der Waals surface area (Å²) in [5, 5.41) is 3.58. The van der Waals surface area contributed by atoms with Crippen LogP contribution in [-0.2, 0) is 38.0 Å². The van der Waals surface area contributed by atoms with E-state index in [2.05, 4.69) is 17.4 Å². The minimum Gasteiger partial charge on any atom is -0.354 e. The van der Waals surface area contributed by atoms with Crippen LogP contribution in [0.2, 0.25) is 5.02 Å². The van der Waals surface area contributed by atoms with Crippen LogP contribution in [-0.4, -0.2) is 50.5 Å². The van der Waals surface area contributed by atoms with Gasteiger partial charge in [-0.3, -0.25) is 13.9 Å². The van der Waals surface area contributed by atoms with Gasteiger partial charge in [0.05, 0.1) is 11.9 Å². The largest absolute Gasteiger partial charge is 0.354 e. The summed E-state index contributed by atoms with van der Waals surface area (Å²) in [5.41, 5.74) is 3.61. The average molecular weight is 690 g/mol. The van der Waals surface area contributed by atoms with Crippen LogP contribution in [0.3, 0.4) is 0 Å². The van der Waals surface area contributed by atoms with E-state index in [4.69, 9.17) is 11.6 Å². The fourth-order valence-corrected chi connectivity index (χ4v) is 9.80. The number of nitrogens with zero attached hydrogens (tertiary/aromatic N) is 2. The summed E-state index contributed by atoms with van der Waals surface area (Å²) in [6.07, 6.45) is 9.13. The predicted octanol–water partition coefficient (Wildman–Crippen LogP) is 6.99. The Kier molecular flexibility index (Phi) is 10.2. The molecule has 0 unspecified atom stereocenters. The van der Waals surface area contributed by atoms with Crippen molar-refractivity contribution in [1.29, 1.82) is 0 Å². The fourth-order valence-electron chi connectivity index (χ4n) is 8.82. The minimum absolute atomic E-state index is 0.116. The predicted molar refractivity (Wildman–Crippen MR) is 192 cm³/mol. The molecule has 0 spiro atoms. The number of anilines is 1. The van der Waals surface area contributed by atoms with Crippen molar-refractivity contribution in [3.8, 4) is 0 Å². The van der Waals surface area contributed by atoms with Crippen LogP contribution < -0.4 is 9.62 Å². The molecule has 48 heavy (non-hydrogen) atoms. The lowest BCUT2D eigenvalue weighted by atomic mass is 9.48. The van der Waals surface area contributed by atoms with Crippen molar-refractivity contribution in [2.45, 2.75) is 76.8 Å². The van der Waals surface area contributed by atoms with Crippen molar-refractivity contribution in [3.05, 3.63) is 101 Å². The molecule has 0 radical (unpaired) electrons. The van der Waals surface area contributed by atoms with E-state index >= 15 is 0 Å². The SMILES string of the molecule is CC(C)CNC(=O)[C@@H](Cc1ccccc1)N(Cc1ccc(Cl)cc1)C(=O)CN(c1ccc(C23CC4CC(CC(C4)C2)C3)cc1)S(C)(=O)=O. The van der Waals surface area contributed by atoms with Gasteiger partial charge in [-0.05, 0) is 109 Å². The molecule has 256 valence electrons. The molecule has 3 aromatic rings. The van der Waals surface area contributed by atoms with Crippen molar-refractivity contribution in [3.63, 3.8) is 0 Å². The first kappa shape index (κ1) is 34.5. The zero-order chi connectivity index (χ0) is 34.1. The number of benzene rings is 3. The molecule has 1 atom stereocenters. The van der Waals surface area contributed by atoms with Crippen LogP contribution in [0.1, 0.15) is 69.1 Å². The van der Waals surface area contributed by atoms with Crippen LogP contribution in [0, 0.1) is 23.7 Å². The highest BCUT2D eigenvalue weighted by Gasteiger charge is 2.51. The molecule has 0 aliphatic heterocycles. The maximum absolute atomic E-state index is 14.4. The minimum atomic E-state index is -3.84. The molecule has 3 aromatic carbocycles. The number of carbonyl (C=O) groups excluding carboxylic acids is 2. The van der Waals surface area contributed by atoms with Crippen molar-refractivity contribution in [2.75, 3.05) is 23.7 Å². The number of halogens is 1. The van der Waals surface area contributed by atoms with E-state index in [0.717, 1.165) is 35.1 Å². The van der Waals surface area contributed by atoms with Gasteiger partial charge in [-0.25, -0.2) is 8.42 Å². The number of nitrogens with one attached hydrogen (secondary N) is 1. The summed E-state index contributed by atoms with van der Waals surface area (Å²) in [7, 11) is -3.84. The van der Waals surface area contributed by atoms with E-state index in [-0.39, 0.29) is 30.2 Å². The molecule has 7 rings (SSSR count). The first-order chi connectivity index (χ1) is 22.9. The van der Waals surface area contributed by atoms with Crippen LogP contribution >= 0.6 is 11.6 Å². The van der Waals surface area contributed by atoms with E-state index in [0.29, 0.717) is 17.3 Å². The van der Waals surface area contributed by atoms with E-state index in [1.165, 1.54) is 53.3 Å². The van der Waals surface area contributed by atoms with Gasteiger partial charge in [0.15, 0.2) is 0 Å². The van der Waals surface area contributed by atoms with Gasteiger partial charge >= 0.3 is 0 Å². The molecule has 0 heterocycles. The molecule has 0 aromatic heterocycles. The molecule has 1 N–H and O–H groups in total. The number of hydrogen-bond acceptors (Lipinski definition) is 4. The lowest BCUT2D eigenvalue weighted by molar-refractivity contribution is -0.140. The van der Waals surface area contributed by atoms with Crippen LogP contribution in [0.25, 0.3) is 0 Å². The van der Waals surface area contributed by atoms with Crippen LogP contribution in [0.4, 0.5) is 5.69 Å². The molecule has 9 heteroatoms. The number of rotatable bonds is 13. The van der Waals surface area contributed by atoms with Gasteiger partial charge in [0.25, 0.3) is 0 Å². The smallest absolute Gasteiger partial charge is 0.244 e. The van der Waals surface area contributed by atoms with E-state index < -0.39 is 28.5 Å². The highest BCUT2D eigenvalue weighted by Crippen LogP contribution is 2.60. The van der Waals surface area contributed by atoms with Crippen molar-refractivity contribution < 1.29 is 18.0 Å². The molecule has 0 saturated heterocycles. The Morgan fingerprint density at radius 1 is 0.854 bits per heavy atom. The molecule has 4 aliphatic carbocycles. The second-order valence-corrected chi connectivity index (χ2v) is 17.4. The third kappa shape index (κ3) is 7.92. The highest BCUT2D eigenvalue weighted by molar-refractivity contribution is 7.92. The Hall–Kier alpha value is -3.36. The summed E-state index contributed by atoms with van der Waals surface area (Å²) in [4.78, 5) is 29.8. The quantitative estimate of drug-likeness (QED) is 0.210. The highest BCUT2D eigenvalue weighted by atomic mass is 35.5. The first-order valence-electron chi connectivity index (χ1n) is 17.3. The van der Waals surface area contributed by atoms with E-state index in [1.807, 2.05) is 68.4 Å². The molecule has 4 saturated carbocycles. The summed E-state index contributed by atoms with van der Waals surface area (Å²) in [6.45, 7) is 4.18. The Bertz CT molecular complexity index is 1660. The van der Waals surface area contributed by atoms with Crippen LogP contribution in [0.15, 0.2) is 78.9 Å².